The Kier molecular flexibility index (Phi) is 10.4. The van der Waals surface area contributed by atoms with Gasteiger partial charge in [-0.1, -0.05) is 294 Å². The average Bonchev–Trinajstić information content (AvgIpc) is 1.19. The van der Waals surface area contributed by atoms with E-state index in [0.717, 1.165) is 82.4 Å². The van der Waals surface area contributed by atoms with E-state index in [0.29, 0.717) is 50.2 Å². The van der Waals surface area contributed by atoms with Gasteiger partial charge in [0, 0.05) is 77.9 Å². The maximum atomic E-state index is 11.6. The van der Waals surface area contributed by atoms with E-state index in [2.05, 4.69) is 113 Å². The van der Waals surface area contributed by atoms with E-state index >= 15 is 0 Å². The Morgan fingerprint density at radius 2 is 0.762 bits per heavy atom. The molecule has 101 heavy (non-hydrogen) atoms. The van der Waals surface area contributed by atoms with Gasteiger partial charge >= 0.3 is 0 Å². The van der Waals surface area contributed by atoms with Crippen LogP contribution >= 0.6 is 0 Å². The van der Waals surface area contributed by atoms with Crippen molar-refractivity contribution in [2.45, 2.75) is 26.2 Å². The third kappa shape index (κ3) is 9.23. The van der Waals surface area contributed by atoms with Gasteiger partial charge in [-0.3, -0.25) is 0 Å². The molecule has 2 aliphatic rings. The van der Waals surface area contributed by atoms with E-state index in [4.69, 9.17) is 2.74 Å². The first kappa shape index (κ1) is 45.7. The topological polar surface area (TPSA) is 16.3 Å². The first-order valence-electron chi connectivity index (χ1n) is 41.1. The van der Waals surface area contributed by atoms with Crippen LogP contribution in [-0.4, -0.2) is 15.8 Å². The monoisotopic (exact) mass is 1300 g/mol. The van der Waals surface area contributed by atoms with Gasteiger partial charge in [-0.05, 0) is 161 Å². The van der Waals surface area contributed by atoms with Crippen LogP contribution in [0, 0.1) is 0 Å². The molecule has 0 spiro atoms. The second kappa shape index (κ2) is 23.0. The van der Waals surface area contributed by atoms with Crippen molar-refractivity contribution in [3.8, 4) is 67.0 Å². The summed E-state index contributed by atoms with van der Waals surface area (Å²) in [6, 6.07) is 82.5. The lowest BCUT2D eigenvalue weighted by Crippen LogP contribution is -2.61. The van der Waals surface area contributed by atoms with Crippen LogP contribution in [0.15, 0.2) is 352 Å². The van der Waals surface area contributed by atoms with E-state index in [9.17, 15) is 16.4 Å². The van der Waals surface area contributed by atoms with Gasteiger partial charge in [-0.15, -0.1) is 0 Å². The fourth-order valence-corrected chi connectivity index (χ4v) is 15.8. The Bertz CT molecular complexity index is 7130. The van der Waals surface area contributed by atoms with Crippen molar-refractivity contribution in [3.05, 3.63) is 357 Å². The minimum atomic E-state index is -1.24. The molecule has 0 fully saturated rings. The highest BCUT2D eigenvalue weighted by molar-refractivity contribution is 7.00. The molecule has 18 aromatic rings. The van der Waals surface area contributed by atoms with Crippen LogP contribution in [0.25, 0.3) is 132 Å². The van der Waals surface area contributed by atoms with Crippen molar-refractivity contribution >= 4 is 122 Å². The molecular formula is C96H67BN4. The predicted molar refractivity (Wildman–Crippen MR) is 430 cm³/mol. The van der Waals surface area contributed by atoms with Crippen LogP contribution in [0.4, 0.5) is 34.1 Å². The highest BCUT2D eigenvalue weighted by atomic mass is 15.2. The van der Waals surface area contributed by atoms with Crippen molar-refractivity contribution in [2.75, 3.05) is 9.80 Å². The zero-order valence-electron chi connectivity index (χ0n) is 69.3. The van der Waals surface area contributed by atoms with Crippen molar-refractivity contribution in [1.29, 1.82) is 0 Å². The van der Waals surface area contributed by atoms with Crippen molar-refractivity contribution in [1.82, 2.24) is 9.13 Å². The second-order valence-electron chi connectivity index (χ2n) is 27.2. The Balaban J connectivity index is 0.998. The molecule has 4 nitrogen and oxygen atoms in total. The quantitative estimate of drug-likeness (QED) is 0.106. The fraction of sp³-hybridized carbons (Fsp3) is 0.0417. The molecular weight excluding hydrogens is 1220 g/mol. The standard InChI is InChI=1S/C96H67BN4/c1-96(2,3)70-59-91-93-92(60-70)101(94-74(62-26-8-4-9-27-62)39-24-40-75(94)63-28-10-5-11-29-63)90-61-72(99-85-43-21-18-36-78(85)79-37-19-22-44-86(79)99)52-54-84(90)97(93)83-53-50-68(67-51-55-88-82(56-67)80-38-20-23-45-87(80)98(88)71-33-14-7-15-34-71)58-89(83)100(91)95-76(64-30-12-6-13-31-64)41-25-42-77(95)69-49-48-66-47-46-65-32-16-17-35-73(65)81(66)57-69/h4-61H,1-3H3/i18D,19D,21D,22D,36D,37D,43D,44D,50D,52D,58D,59D,60D,61D. The lowest BCUT2D eigenvalue weighted by atomic mass is 9.33. The molecule has 2 aliphatic heterocycles. The molecule has 0 saturated heterocycles. The largest absolute Gasteiger partial charge is 0.310 e. The molecule has 0 bridgehead atoms. The molecule has 0 saturated carbocycles. The van der Waals surface area contributed by atoms with E-state index in [1.165, 1.54) is 4.57 Å². The number of nitrogens with zero attached hydrogens (tertiary/aromatic N) is 4. The third-order valence-corrected chi connectivity index (χ3v) is 20.4. The molecule has 20 rings (SSSR count). The maximum absolute atomic E-state index is 11.6. The molecule has 0 N–H and O–H groups in total. The van der Waals surface area contributed by atoms with Gasteiger partial charge in [0.2, 0.25) is 0 Å². The minimum absolute atomic E-state index is 0.0262. The van der Waals surface area contributed by atoms with Crippen molar-refractivity contribution in [2.24, 2.45) is 0 Å². The minimum Gasteiger partial charge on any atom is -0.310 e. The summed E-state index contributed by atoms with van der Waals surface area (Å²) < 4.78 is 147. The Labute approximate surface area is 607 Å². The molecule has 0 amide bonds. The van der Waals surface area contributed by atoms with Gasteiger partial charge in [-0.2, -0.15) is 0 Å². The number of benzene rings is 16. The molecule has 0 radical (unpaired) electrons. The van der Waals surface area contributed by atoms with E-state index < -0.39 is 72.6 Å². The Morgan fingerprint density at radius 3 is 1.37 bits per heavy atom. The number of hydrogen-bond donors (Lipinski definition) is 0. The van der Waals surface area contributed by atoms with Gasteiger partial charge < -0.3 is 18.9 Å². The first-order valence-corrected chi connectivity index (χ1v) is 34.1. The molecule has 474 valence electrons. The lowest BCUT2D eigenvalue weighted by Gasteiger charge is -2.46. The number of rotatable bonds is 9. The van der Waals surface area contributed by atoms with Gasteiger partial charge in [0.15, 0.2) is 0 Å². The molecule has 0 unspecified atom stereocenters. The maximum Gasteiger partial charge on any atom is 0.252 e. The van der Waals surface area contributed by atoms with Crippen LogP contribution in [0.3, 0.4) is 0 Å². The smallest absolute Gasteiger partial charge is 0.252 e. The van der Waals surface area contributed by atoms with Crippen LogP contribution in [0.5, 0.6) is 0 Å². The summed E-state index contributed by atoms with van der Waals surface area (Å²) in [6.07, 6.45) is 0. The van der Waals surface area contributed by atoms with E-state index in [-0.39, 0.29) is 79.8 Å². The van der Waals surface area contributed by atoms with E-state index in [1.54, 1.807) is 12.1 Å². The molecule has 16 aromatic carbocycles. The summed E-state index contributed by atoms with van der Waals surface area (Å²) in [5.74, 6) is 0. The Morgan fingerprint density at radius 1 is 0.297 bits per heavy atom. The summed E-state index contributed by atoms with van der Waals surface area (Å²) in [6.45, 7) is 4.69. The zero-order valence-corrected chi connectivity index (χ0v) is 55.3. The number of hydrogen-bond acceptors (Lipinski definition) is 2. The van der Waals surface area contributed by atoms with Crippen LogP contribution in [0.1, 0.15) is 45.5 Å². The summed E-state index contributed by atoms with van der Waals surface area (Å²) in [4.78, 5) is 3.98. The van der Waals surface area contributed by atoms with E-state index in [1.807, 2.05) is 177 Å². The Hall–Kier alpha value is -12.7. The van der Waals surface area contributed by atoms with Crippen molar-refractivity contribution < 1.29 is 19.2 Å². The van der Waals surface area contributed by atoms with Crippen LogP contribution < -0.4 is 26.2 Å². The summed E-state index contributed by atoms with van der Waals surface area (Å²) in [7, 11) is 0. The number of anilines is 6. The lowest BCUT2D eigenvalue weighted by molar-refractivity contribution is 0.590. The molecule has 2 aromatic heterocycles. The predicted octanol–water partition coefficient (Wildman–Crippen LogP) is 23.9. The SMILES string of the molecule is [2H]c1cc2c(c([2H])c1-c1ccc3c(c1)c1ccccc1n3-c1ccccc1)N(c1c(-c3ccccc3)cccc1-c1ccc3ccc4ccccc4c3c1)c1c([2H])c(C(C)(C)C)c([2H])c3c1B2c1cc([2H])c(-n2c4c([2H])c([2H])c([2H])c([2H])c4c4c([2H])c([2H])c([2H])c([2H])c42)c([2H])c1N3c1c(-c2ccccc2)cccc1-c1ccccc1. The second-order valence-corrected chi connectivity index (χ2v) is 27.2. The summed E-state index contributed by atoms with van der Waals surface area (Å²) in [5.41, 5.74) is 10.9. The molecule has 0 aliphatic carbocycles. The van der Waals surface area contributed by atoms with Crippen LogP contribution in [-0.2, 0) is 5.41 Å². The van der Waals surface area contributed by atoms with Gasteiger partial charge in [0.05, 0.1) is 52.6 Å². The molecule has 0 atom stereocenters. The summed E-state index contributed by atoms with van der Waals surface area (Å²) >= 11 is 0. The summed E-state index contributed by atoms with van der Waals surface area (Å²) in [5, 5.41) is 5.49. The number of para-hydroxylation sites is 6. The highest BCUT2D eigenvalue weighted by Gasteiger charge is 2.46. The number of fused-ring (bicyclic) bond motifs is 13. The average molecular weight is 1300 g/mol. The first-order chi connectivity index (χ1) is 55.6. The molecule has 4 heterocycles. The van der Waals surface area contributed by atoms with Gasteiger partial charge in [-0.25, -0.2) is 0 Å². The highest BCUT2D eigenvalue weighted by Crippen LogP contribution is 2.55. The molecule has 5 heteroatoms. The fourth-order valence-electron chi connectivity index (χ4n) is 15.8. The van der Waals surface area contributed by atoms with Gasteiger partial charge in [0.25, 0.3) is 6.71 Å². The van der Waals surface area contributed by atoms with Gasteiger partial charge in [0.1, 0.15) is 0 Å². The zero-order chi connectivity index (χ0) is 79.2. The van der Waals surface area contributed by atoms with Crippen molar-refractivity contribution in [3.63, 3.8) is 0 Å². The van der Waals surface area contributed by atoms with Crippen LogP contribution in [0.2, 0.25) is 0 Å². The third-order valence-electron chi connectivity index (χ3n) is 20.4. The number of aromatic nitrogens is 2. The normalized spacial score (nSPS) is 14.6.